The van der Waals surface area contributed by atoms with E-state index in [1.165, 1.54) is 22.3 Å². The molecule has 61 valence electrons. The summed E-state index contributed by atoms with van der Waals surface area (Å²) in [5, 5.41) is 0. The van der Waals surface area contributed by atoms with Gasteiger partial charge in [0.25, 0.3) is 0 Å². The number of hydrogen-bond acceptors (Lipinski definition) is 0. The maximum absolute atomic E-state index is 2.18. The van der Waals surface area contributed by atoms with Crippen molar-refractivity contribution in [2.75, 3.05) is 0 Å². The Hall–Kier alpha value is -1.00. The van der Waals surface area contributed by atoms with Crippen LogP contribution in [0.3, 0.4) is 0 Å². The fourth-order valence-electron chi connectivity index (χ4n) is 1.84. The van der Waals surface area contributed by atoms with Gasteiger partial charge in [0.05, 0.1) is 0 Å². The number of fused-ring (bicyclic) bond motifs is 4. The van der Waals surface area contributed by atoms with E-state index in [1.807, 2.05) is 0 Å². The van der Waals surface area contributed by atoms with E-state index in [0.29, 0.717) is 0 Å². The summed E-state index contributed by atoms with van der Waals surface area (Å²) in [6.07, 6.45) is 0. The van der Waals surface area contributed by atoms with E-state index >= 15 is 0 Å². The minimum Gasteiger partial charge on any atom is -0.0616 e. The monoisotopic (exact) mass is 227 g/mol. The zero-order chi connectivity index (χ0) is 7.97. The van der Waals surface area contributed by atoms with E-state index in [2.05, 4.69) is 48.5 Å². The van der Waals surface area contributed by atoms with Crippen LogP contribution in [-0.2, 0) is 0 Å². The summed E-state index contributed by atoms with van der Waals surface area (Å²) in [5.41, 5.74) is 5.59. The Kier molecular flexibility index (Phi) is 2.01. The van der Waals surface area contributed by atoms with E-state index in [-0.39, 0.29) is 18.0 Å². The molecule has 0 heterocycles. The van der Waals surface area contributed by atoms with Crippen molar-refractivity contribution < 1.29 is 0 Å². The van der Waals surface area contributed by atoms with Gasteiger partial charge in [0.15, 0.2) is 0 Å². The van der Waals surface area contributed by atoms with Crippen molar-refractivity contribution in [1.29, 1.82) is 0 Å². The van der Waals surface area contributed by atoms with Crippen LogP contribution in [0.5, 0.6) is 0 Å². The normalized spacial score (nSPS) is 10.5. The molecule has 0 aliphatic heterocycles. The summed E-state index contributed by atoms with van der Waals surface area (Å²) in [7, 11) is 0. The van der Waals surface area contributed by atoms with Crippen LogP contribution in [0.25, 0.3) is 22.3 Å². The Morgan fingerprint density at radius 2 is 0.692 bits per heavy atom. The van der Waals surface area contributed by atoms with Crippen LogP contribution < -0.4 is 0 Å². The molecule has 3 radical (unpaired) electrons. The van der Waals surface area contributed by atoms with Gasteiger partial charge in [-0.25, -0.2) is 0 Å². The van der Waals surface area contributed by atoms with Crippen molar-refractivity contribution >= 4 is 18.0 Å². The molecule has 3 rings (SSSR count). The molecule has 0 unspecified atom stereocenters. The van der Waals surface area contributed by atoms with Crippen LogP contribution in [0.4, 0.5) is 0 Å². The quantitative estimate of drug-likeness (QED) is 0.518. The molecule has 0 atom stereocenters. The Morgan fingerprint density at radius 1 is 0.462 bits per heavy atom. The fourth-order valence-corrected chi connectivity index (χ4v) is 1.84. The molecule has 0 aromatic heterocycles. The van der Waals surface area contributed by atoms with Gasteiger partial charge in [0.1, 0.15) is 0 Å². The SMILES string of the molecule is [As].c1ccc2c(c1)-c1ccccc1-2. The van der Waals surface area contributed by atoms with E-state index in [0.717, 1.165) is 0 Å². The topological polar surface area (TPSA) is 0 Å². The van der Waals surface area contributed by atoms with Gasteiger partial charge in [0, 0.05) is 18.0 Å². The minimum absolute atomic E-state index is 0. The van der Waals surface area contributed by atoms with E-state index in [4.69, 9.17) is 0 Å². The number of rotatable bonds is 0. The minimum atomic E-state index is 0. The molecule has 1 aliphatic carbocycles. The molecule has 0 saturated carbocycles. The van der Waals surface area contributed by atoms with E-state index in [9.17, 15) is 0 Å². The maximum Gasteiger partial charge on any atom is 0 e. The zero-order valence-electron chi connectivity index (χ0n) is 7.07. The van der Waals surface area contributed by atoms with Gasteiger partial charge in [-0.15, -0.1) is 0 Å². The molecule has 0 N–H and O–H groups in total. The molecule has 0 saturated heterocycles. The van der Waals surface area contributed by atoms with E-state index < -0.39 is 0 Å². The maximum atomic E-state index is 2.18. The average Bonchev–Trinajstić information content (AvgIpc) is 2.14. The predicted octanol–water partition coefficient (Wildman–Crippen LogP) is 2.95. The van der Waals surface area contributed by atoms with Gasteiger partial charge in [-0.05, 0) is 22.3 Å². The third-order valence-corrected chi connectivity index (χ3v) is 2.43. The molecule has 0 fully saturated rings. The van der Waals surface area contributed by atoms with Crippen LogP contribution in [-0.4, -0.2) is 18.0 Å². The van der Waals surface area contributed by atoms with Crippen molar-refractivity contribution in [2.24, 2.45) is 0 Å². The molecule has 2 aromatic rings. The number of hydrogen-bond donors (Lipinski definition) is 0. The Balaban J connectivity index is 0.000000653. The van der Waals surface area contributed by atoms with Gasteiger partial charge >= 0.3 is 0 Å². The van der Waals surface area contributed by atoms with Gasteiger partial charge < -0.3 is 0 Å². The Morgan fingerprint density at radius 3 is 0.923 bits per heavy atom. The standard InChI is InChI=1S/C12H8.As/c1-2-6-10-9(5-1)11-7-3-4-8-12(10)11;/h1-8H;. The molecule has 1 heteroatoms. The summed E-state index contributed by atoms with van der Waals surface area (Å²) >= 11 is 0. The van der Waals surface area contributed by atoms with Gasteiger partial charge in [-0.2, -0.15) is 0 Å². The van der Waals surface area contributed by atoms with Crippen LogP contribution in [0.15, 0.2) is 48.5 Å². The van der Waals surface area contributed by atoms with Crippen LogP contribution >= 0.6 is 0 Å². The molecular formula is C12H8As. The second-order valence-electron chi connectivity index (χ2n) is 3.09. The van der Waals surface area contributed by atoms with E-state index in [1.54, 1.807) is 0 Å². The first kappa shape index (κ1) is 8.59. The molecule has 0 bridgehead atoms. The number of benzene rings is 2. The smallest absolute Gasteiger partial charge is 0 e. The summed E-state index contributed by atoms with van der Waals surface area (Å²) in [5.74, 6) is 0. The molecule has 1 aliphatic rings. The van der Waals surface area contributed by atoms with Crippen molar-refractivity contribution in [3.8, 4) is 22.3 Å². The molecular weight excluding hydrogens is 219 g/mol. The molecule has 0 amide bonds. The summed E-state index contributed by atoms with van der Waals surface area (Å²) < 4.78 is 0. The van der Waals surface area contributed by atoms with Gasteiger partial charge in [-0.1, -0.05) is 48.5 Å². The average molecular weight is 227 g/mol. The van der Waals surface area contributed by atoms with Crippen LogP contribution in [0.2, 0.25) is 0 Å². The first-order chi connectivity index (χ1) is 5.97. The first-order valence-corrected chi connectivity index (χ1v) is 4.15. The van der Waals surface area contributed by atoms with Crippen molar-refractivity contribution in [3.63, 3.8) is 0 Å². The zero-order valence-corrected chi connectivity index (χ0v) is 8.94. The molecule has 13 heavy (non-hydrogen) atoms. The Bertz CT molecular complexity index is 346. The van der Waals surface area contributed by atoms with Gasteiger partial charge in [0.2, 0.25) is 0 Å². The molecule has 0 spiro atoms. The summed E-state index contributed by atoms with van der Waals surface area (Å²) in [4.78, 5) is 0. The Labute approximate surface area is 88.9 Å². The molecule has 0 nitrogen and oxygen atoms in total. The van der Waals surface area contributed by atoms with Crippen molar-refractivity contribution in [2.45, 2.75) is 0 Å². The third kappa shape index (κ3) is 1.06. The largest absolute Gasteiger partial charge is 0.0616 e. The summed E-state index contributed by atoms with van der Waals surface area (Å²) in [6, 6.07) is 17.1. The van der Waals surface area contributed by atoms with Crippen molar-refractivity contribution in [3.05, 3.63) is 48.5 Å². The predicted molar refractivity (Wildman–Crippen MR) is 56.6 cm³/mol. The van der Waals surface area contributed by atoms with Gasteiger partial charge in [-0.3, -0.25) is 0 Å². The third-order valence-electron chi connectivity index (χ3n) is 2.43. The summed E-state index contributed by atoms with van der Waals surface area (Å²) in [6.45, 7) is 0. The first-order valence-electron chi connectivity index (χ1n) is 4.15. The second kappa shape index (κ2) is 3.05. The fraction of sp³-hybridized carbons (Fsp3) is 0. The second-order valence-corrected chi connectivity index (χ2v) is 3.09. The van der Waals surface area contributed by atoms with Crippen molar-refractivity contribution in [1.82, 2.24) is 0 Å². The van der Waals surface area contributed by atoms with Crippen LogP contribution in [0, 0.1) is 0 Å². The van der Waals surface area contributed by atoms with Crippen LogP contribution in [0.1, 0.15) is 0 Å². The molecule has 2 aromatic carbocycles.